The molecule has 0 bridgehead atoms. The van der Waals surface area contributed by atoms with Crippen molar-refractivity contribution in [2.75, 3.05) is 23.7 Å². The van der Waals surface area contributed by atoms with Crippen LogP contribution in [0.3, 0.4) is 0 Å². The Labute approximate surface area is 205 Å². The van der Waals surface area contributed by atoms with E-state index in [1.807, 2.05) is 0 Å². The number of ether oxygens (including phenoxy) is 2. The molecule has 0 unspecified atom stereocenters. The van der Waals surface area contributed by atoms with Crippen LogP contribution in [0.4, 0.5) is 5.69 Å². The van der Waals surface area contributed by atoms with E-state index in [2.05, 4.69) is 14.9 Å². The molecule has 35 heavy (non-hydrogen) atoms. The molecule has 0 spiro atoms. The molecule has 1 N–H and O–H groups in total. The average Bonchev–Trinajstić information content (AvgIpc) is 3.37. The Bertz CT molecular complexity index is 1450. The number of aromatic nitrogens is 2. The molecule has 5 rings (SSSR count). The summed E-state index contributed by atoms with van der Waals surface area (Å²) in [4.78, 5) is 12.7. The van der Waals surface area contributed by atoms with E-state index in [0.29, 0.717) is 41.5 Å². The summed E-state index contributed by atoms with van der Waals surface area (Å²) in [5.41, 5.74) is 1.52. The molecule has 0 saturated heterocycles. The van der Waals surface area contributed by atoms with Gasteiger partial charge in [0.25, 0.3) is 15.2 Å². The molecule has 1 aliphatic heterocycles. The molecule has 0 fully saturated rings. The van der Waals surface area contributed by atoms with Gasteiger partial charge < -0.3 is 13.9 Å². The van der Waals surface area contributed by atoms with Crippen LogP contribution in [0.1, 0.15) is 10.4 Å². The van der Waals surface area contributed by atoms with Gasteiger partial charge in [0.1, 0.15) is 13.2 Å². The fourth-order valence-corrected chi connectivity index (χ4v) is 5.04. The SMILES string of the molecule is O=C(CSc1nnc(-c2ccc(NS(=O)(=O)c3ccccc3)cc2)o1)c1ccc2c(c1)OCCO2. The number of hydrogen-bond donors (Lipinski definition) is 1. The van der Waals surface area contributed by atoms with Crippen molar-refractivity contribution in [3.8, 4) is 23.0 Å². The zero-order valence-electron chi connectivity index (χ0n) is 18.2. The lowest BCUT2D eigenvalue weighted by Gasteiger charge is -2.18. The molecule has 2 heterocycles. The van der Waals surface area contributed by atoms with Crippen LogP contribution in [0.2, 0.25) is 0 Å². The van der Waals surface area contributed by atoms with Gasteiger partial charge >= 0.3 is 0 Å². The molecular formula is C24H19N3O6S2. The van der Waals surface area contributed by atoms with E-state index in [4.69, 9.17) is 13.9 Å². The lowest BCUT2D eigenvalue weighted by atomic mass is 10.1. The zero-order valence-corrected chi connectivity index (χ0v) is 19.8. The summed E-state index contributed by atoms with van der Waals surface area (Å²) in [6.45, 7) is 0.936. The van der Waals surface area contributed by atoms with Gasteiger partial charge in [-0.25, -0.2) is 8.42 Å². The number of thioether (sulfide) groups is 1. The lowest BCUT2D eigenvalue weighted by molar-refractivity contribution is 0.102. The number of hydrogen-bond acceptors (Lipinski definition) is 9. The van der Waals surface area contributed by atoms with Crippen LogP contribution in [-0.4, -0.2) is 43.4 Å². The molecule has 0 atom stereocenters. The first-order chi connectivity index (χ1) is 17.0. The van der Waals surface area contributed by atoms with Crippen LogP contribution in [0.15, 0.2) is 87.3 Å². The van der Waals surface area contributed by atoms with Crippen molar-refractivity contribution >= 4 is 33.3 Å². The van der Waals surface area contributed by atoms with E-state index in [-0.39, 0.29) is 27.5 Å². The molecule has 178 valence electrons. The van der Waals surface area contributed by atoms with Crippen LogP contribution in [-0.2, 0) is 10.0 Å². The summed E-state index contributed by atoms with van der Waals surface area (Å²) in [7, 11) is -3.68. The van der Waals surface area contributed by atoms with Crippen molar-refractivity contribution in [1.29, 1.82) is 0 Å². The second-order valence-electron chi connectivity index (χ2n) is 7.44. The Kier molecular flexibility index (Phi) is 6.43. The summed E-state index contributed by atoms with van der Waals surface area (Å²) < 4.78 is 44.1. The standard InChI is InChI=1S/C24H19N3O6S2/c28-20(17-8-11-21-22(14-17)32-13-12-31-21)15-34-24-26-25-23(33-24)16-6-9-18(10-7-16)27-35(29,30)19-4-2-1-3-5-19/h1-11,14,27H,12-13,15H2. The molecular weight excluding hydrogens is 490 g/mol. The van der Waals surface area contributed by atoms with E-state index in [1.54, 1.807) is 60.7 Å². The first-order valence-corrected chi connectivity index (χ1v) is 13.0. The normalized spacial score (nSPS) is 12.8. The number of ketones is 1. The summed E-state index contributed by atoms with van der Waals surface area (Å²) in [5.74, 6) is 1.45. The van der Waals surface area contributed by atoms with Crippen molar-refractivity contribution in [3.05, 3.63) is 78.4 Å². The van der Waals surface area contributed by atoms with Crippen LogP contribution in [0.5, 0.6) is 11.5 Å². The maximum Gasteiger partial charge on any atom is 0.277 e. The van der Waals surface area contributed by atoms with E-state index in [9.17, 15) is 13.2 Å². The van der Waals surface area contributed by atoms with E-state index >= 15 is 0 Å². The predicted molar refractivity (Wildman–Crippen MR) is 129 cm³/mol. The average molecular weight is 510 g/mol. The molecule has 0 aliphatic carbocycles. The van der Waals surface area contributed by atoms with Crippen LogP contribution in [0, 0.1) is 0 Å². The number of anilines is 1. The predicted octanol–water partition coefficient (Wildman–Crippen LogP) is 4.28. The third kappa shape index (κ3) is 5.31. The zero-order chi connectivity index (χ0) is 24.3. The monoisotopic (exact) mass is 509 g/mol. The van der Waals surface area contributed by atoms with Gasteiger partial charge in [-0.3, -0.25) is 9.52 Å². The maximum atomic E-state index is 12.6. The van der Waals surface area contributed by atoms with Crippen molar-refractivity contribution in [3.63, 3.8) is 0 Å². The molecule has 9 nitrogen and oxygen atoms in total. The number of benzene rings is 3. The minimum absolute atomic E-state index is 0.109. The summed E-state index contributed by atoms with van der Waals surface area (Å²) in [6, 6.07) is 19.8. The quantitative estimate of drug-likeness (QED) is 0.274. The van der Waals surface area contributed by atoms with Crippen LogP contribution < -0.4 is 14.2 Å². The Balaban J connectivity index is 1.20. The smallest absolute Gasteiger partial charge is 0.277 e. The second kappa shape index (κ2) is 9.80. The minimum Gasteiger partial charge on any atom is -0.486 e. The minimum atomic E-state index is -3.68. The van der Waals surface area contributed by atoms with Crippen molar-refractivity contribution in [2.45, 2.75) is 10.1 Å². The topological polar surface area (TPSA) is 121 Å². The number of rotatable bonds is 8. The number of sulfonamides is 1. The van der Waals surface area contributed by atoms with Gasteiger partial charge in [0.2, 0.25) is 5.89 Å². The van der Waals surface area contributed by atoms with Crippen molar-refractivity contribution in [1.82, 2.24) is 10.2 Å². The molecule has 0 saturated carbocycles. The number of Topliss-reactive ketones (excluding diaryl/α,β-unsaturated/α-hetero) is 1. The molecule has 1 aliphatic rings. The maximum absolute atomic E-state index is 12.6. The first-order valence-electron chi connectivity index (χ1n) is 10.6. The molecule has 1 aromatic heterocycles. The number of nitrogens with one attached hydrogen (secondary N) is 1. The molecule has 3 aromatic carbocycles. The second-order valence-corrected chi connectivity index (χ2v) is 10.0. The highest BCUT2D eigenvalue weighted by molar-refractivity contribution is 7.99. The van der Waals surface area contributed by atoms with Crippen LogP contribution in [0.25, 0.3) is 11.5 Å². The van der Waals surface area contributed by atoms with E-state index < -0.39 is 10.0 Å². The summed E-state index contributed by atoms with van der Waals surface area (Å²) >= 11 is 1.13. The number of carbonyl (C=O) groups is 1. The van der Waals surface area contributed by atoms with Gasteiger partial charge in [-0.2, -0.15) is 0 Å². The van der Waals surface area contributed by atoms with E-state index in [1.165, 1.54) is 12.1 Å². The Morgan fingerprint density at radius 2 is 1.66 bits per heavy atom. The fraction of sp³-hybridized carbons (Fsp3) is 0.125. The third-order valence-corrected chi connectivity index (χ3v) is 7.25. The summed E-state index contributed by atoms with van der Waals surface area (Å²) in [6.07, 6.45) is 0. The Morgan fingerprint density at radius 1 is 0.914 bits per heavy atom. The fourth-order valence-electron chi connectivity index (χ4n) is 3.31. The van der Waals surface area contributed by atoms with E-state index in [0.717, 1.165) is 11.8 Å². The third-order valence-electron chi connectivity index (χ3n) is 5.03. The Hall–Kier alpha value is -3.83. The highest BCUT2D eigenvalue weighted by Gasteiger charge is 2.17. The largest absolute Gasteiger partial charge is 0.486 e. The van der Waals surface area contributed by atoms with Crippen LogP contribution >= 0.6 is 11.8 Å². The van der Waals surface area contributed by atoms with Crippen molar-refractivity contribution < 1.29 is 27.1 Å². The van der Waals surface area contributed by atoms with Gasteiger partial charge in [0, 0.05) is 16.8 Å². The first kappa shape index (κ1) is 22.9. The number of carbonyl (C=O) groups excluding carboxylic acids is 1. The Morgan fingerprint density at radius 3 is 2.43 bits per heavy atom. The van der Waals surface area contributed by atoms with Crippen molar-refractivity contribution in [2.24, 2.45) is 0 Å². The number of fused-ring (bicyclic) bond motifs is 1. The molecule has 4 aromatic rings. The lowest BCUT2D eigenvalue weighted by Crippen LogP contribution is -2.16. The molecule has 11 heteroatoms. The van der Waals surface area contributed by atoms with Gasteiger partial charge in [0.05, 0.1) is 10.6 Å². The van der Waals surface area contributed by atoms with Gasteiger partial charge in [-0.1, -0.05) is 30.0 Å². The van der Waals surface area contributed by atoms with Gasteiger partial charge in [-0.15, -0.1) is 10.2 Å². The molecule has 0 radical (unpaired) electrons. The number of nitrogens with zero attached hydrogens (tertiary/aromatic N) is 2. The van der Waals surface area contributed by atoms with Gasteiger partial charge in [-0.05, 0) is 54.6 Å². The van der Waals surface area contributed by atoms with Gasteiger partial charge in [0.15, 0.2) is 17.3 Å². The highest BCUT2D eigenvalue weighted by atomic mass is 32.2. The summed E-state index contributed by atoms with van der Waals surface area (Å²) in [5, 5.41) is 8.26. The molecule has 0 amide bonds. The highest BCUT2D eigenvalue weighted by Crippen LogP contribution is 2.32.